The minimum absolute atomic E-state index is 0.129. The van der Waals surface area contributed by atoms with Crippen LogP contribution in [0.4, 0.5) is 5.69 Å². The van der Waals surface area contributed by atoms with Crippen LogP contribution in [0, 0.1) is 24.2 Å². The summed E-state index contributed by atoms with van der Waals surface area (Å²) in [6.07, 6.45) is 14.4. The second-order valence-corrected chi connectivity index (χ2v) is 16.6. The Hall–Kier alpha value is -2.87. The Bertz CT molecular complexity index is 1450. The molecule has 2 fully saturated rings. The number of hydrogen-bond donors (Lipinski definition) is 2. The summed E-state index contributed by atoms with van der Waals surface area (Å²) in [6, 6.07) is 5.41. The SMILES string of the molecule is Cc1nn(-c2ccc(C(N)=O)c(NCCCOCCOCCOCCOCCOCCCN(CC3CCCC3)CC3CCCC3)c2)c2c1C(=O)CC(C)(C)C2. The fourth-order valence-corrected chi connectivity index (χ4v) is 8.52. The molecule has 3 aliphatic rings. The summed E-state index contributed by atoms with van der Waals surface area (Å²) in [6.45, 7) is 16.0. The number of Topliss-reactive ketones (excluding diaryl/α,β-unsaturated/α-hetero) is 1. The van der Waals surface area contributed by atoms with E-state index in [0.717, 1.165) is 61.3 Å². The monoisotopic (exact) mass is 768 g/mol. The van der Waals surface area contributed by atoms with Crippen LogP contribution in [-0.2, 0) is 30.1 Å². The zero-order valence-electron chi connectivity index (χ0n) is 34.0. The van der Waals surface area contributed by atoms with Crippen molar-refractivity contribution in [2.24, 2.45) is 23.0 Å². The number of amides is 1. The van der Waals surface area contributed by atoms with Gasteiger partial charge in [-0.15, -0.1) is 0 Å². The highest BCUT2D eigenvalue weighted by Crippen LogP contribution is 2.37. The number of carbonyl (C=O) groups is 2. The van der Waals surface area contributed by atoms with Gasteiger partial charge in [-0.05, 0) is 87.3 Å². The number of ether oxygens (including phenoxy) is 5. The third kappa shape index (κ3) is 14.2. The molecule has 1 amide bonds. The van der Waals surface area contributed by atoms with E-state index < -0.39 is 5.91 Å². The van der Waals surface area contributed by atoms with E-state index >= 15 is 0 Å². The molecule has 1 aromatic carbocycles. The molecule has 12 heteroatoms. The average molecular weight is 768 g/mol. The number of fused-ring (bicyclic) bond motifs is 1. The van der Waals surface area contributed by atoms with Gasteiger partial charge in [-0.2, -0.15) is 5.10 Å². The molecule has 0 bridgehead atoms. The quantitative estimate of drug-likeness (QED) is 0.0984. The number of anilines is 1. The van der Waals surface area contributed by atoms with E-state index in [1.165, 1.54) is 64.5 Å². The number of benzene rings is 1. The molecular weight excluding hydrogens is 699 g/mol. The number of hydrogen-bond acceptors (Lipinski definition) is 10. The molecule has 1 heterocycles. The normalized spacial score (nSPS) is 17.4. The highest BCUT2D eigenvalue weighted by molar-refractivity contribution is 6.00. The van der Waals surface area contributed by atoms with Gasteiger partial charge < -0.3 is 39.6 Å². The lowest BCUT2D eigenvalue weighted by Crippen LogP contribution is -2.34. The van der Waals surface area contributed by atoms with Gasteiger partial charge in [0.15, 0.2) is 5.78 Å². The molecule has 2 saturated carbocycles. The van der Waals surface area contributed by atoms with Crippen LogP contribution >= 0.6 is 0 Å². The van der Waals surface area contributed by atoms with E-state index in [9.17, 15) is 9.59 Å². The molecule has 12 nitrogen and oxygen atoms in total. The molecule has 5 rings (SSSR count). The molecule has 55 heavy (non-hydrogen) atoms. The van der Waals surface area contributed by atoms with E-state index in [0.29, 0.717) is 89.2 Å². The fourth-order valence-electron chi connectivity index (χ4n) is 8.52. The number of aromatic nitrogens is 2. The van der Waals surface area contributed by atoms with Gasteiger partial charge in [0.1, 0.15) is 0 Å². The number of nitrogens with one attached hydrogen (secondary N) is 1. The first-order valence-electron chi connectivity index (χ1n) is 21.1. The van der Waals surface area contributed by atoms with Crippen LogP contribution in [-0.4, -0.2) is 119 Å². The molecule has 0 radical (unpaired) electrons. The standard InChI is InChI=1S/C43H69N5O7/c1-33-41-39(29-43(2,3)30-40(41)49)48(46-33)36-14-15-37(42(44)50)38(28-36)45-16-8-18-51-20-22-53-24-26-55-27-25-54-23-21-52-19-9-17-47(31-34-10-4-5-11-34)32-35-12-6-7-13-35/h14-15,28,34-35,45H,4-13,16-27,29-32H2,1-3H3,(H2,44,50). The van der Waals surface area contributed by atoms with Crippen LogP contribution in [0.1, 0.15) is 117 Å². The first kappa shape index (κ1) is 43.3. The number of carbonyl (C=O) groups excluding carboxylic acids is 2. The van der Waals surface area contributed by atoms with Gasteiger partial charge in [0.25, 0.3) is 5.91 Å². The van der Waals surface area contributed by atoms with Crippen molar-refractivity contribution in [2.75, 3.05) is 97.6 Å². The molecule has 0 unspecified atom stereocenters. The summed E-state index contributed by atoms with van der Waals surface area (Å²) in [5.74, 6) is 1.45. The van der Waals surface area contributed by atoms with Gasteiger partial charge in [-0.1, -0.05) is 39.5 Å². The highest BCUT2D eigenvalue weighted by atomic mass is 16.6. The number of primary amides is 1. The molecule has 0 spiro atoms. The number of aryl methyl sites for hydroxylation is 1. The van der Waals surface area contributed by atoms with Gasteiger partial charge in [-0.25, -0.2) is 4.68 Å². The molecule has 1 aromatic heterocycles. The van der Waals surface area contributed by atoms with Crippen LogP contribution in [0.25, 0.3) is 5.69 Å². The first-order chi connectivity index (χ1) is 26.7. The Kier molecular flexibility index (Phi) is 17.9. The van der Waals surface area contributed by atoms with Crippen molar-refractivity contribution in [2.45, 2.75) is 97.8 Å². The van der Waals surface area contributed by atoms with Crippen LogP contribution in [0.15, 0.2) is 18.2 Å². The summed E-state index contributed by atoms with van der Waals surface area (Å²) in [5.41, 5.74) is 9.71. The highest BCUT2D eigenvalue weighted by Gasteiger charge is 2.36. The Morgan fingerprint density at radius 3 is 1.89 bits per heavy atom. The van der Waals surface area contributed by atoms with Crippen molar-refractivity contribution in [1.29, 1.82) is 0 Å². The predicted molar refractivity (Wildman–Crippen MR) is 215 cm³/mol. The largest absolute Gasteiger partial charge is 0.384 e. The fraction of sp³-hybridized carbons (Fsp3) is 0.744. The zero-order chi connectivity index (χ0) is 38.9. The van der Waals surface area contributed by atoms with Crippen molar-refractivity contribution < 1.29 is 33.3 Å². The molecule has 0 saturated heterocycles. The second-order valence-electron chi connectivity index (χ2n) is 16.6. The molecule has 0 aliphatic heterocycles. The van der Waals surface area contributed by atoms with E-state index in [-0.39, 0.29) is 11.2 Å². The number of nitrogens with zero attached hydrogens (tertiary/aromatic N) is 3. The molecule has 3 aliphatic carbocycles. The smallest absolute Gasteiger partial charge is 0.250 e. The van der Waals surface area contributed by atoms with Gasteiger partial charge in [-0.3, -0.25) is 9.59 Å². The van der Waals surface area contributed by atoms with E-state index in [1.54, 1.807) is 6.07 Å². The topological polar surface area (TPSA) is 139 Å². The Labute approximate surface area is 329 Å². The minimum atomic E-state index is -0.509. The van der Waals surface area contributed by atoms with Crippen LogP contribution in [0.5, 0.6) is 0 Å². The first-order valence-corrected chi connectivity index (χ1v) is 21.1. The van der Waals surface area contributed by atoms with Crippen molar-refractivity contribution in [3.8, 4) is 5.69 Å². The van der Waals surface area contributed by atoms with Gasteiger partial charge in [0.05, 0.1) is 81.1 Å². The summed E-state index contributed by atoms with van der Waals surface area (Å²) >= 11 is 0. The van der Waals surface area contributed by atoms with Crippen molar-refractivity contribution in [3.05, 3.63) is 40.7 Å². The van der Waals surface area contributed by atoms with Crippen molar-refractivity contribution >= 4 is 17.4 Å². The summed E-state index contributed by atoms with van der Waals surface area (Å²) in [4.78, 5) is 27.8. The minimum Gasteiger partial charge on any atom is -0.384 e. The lowest BCUT2D eigenvalue weighted by atomic mass is 9.75. The van der Waals surface area contributed by atoms with Gasteiger partial charge in [0, 0.05) is 51.5 Å². The zero-order valence-corrected chi connectivity index (χ0v) is 34.0. The Balaban J connectivity index is 0.845. The molecule has 0 atom stereocenters. The van der Waals surface area contributed by atoms with Gasteiger partial charge >= 0.3 is 0 Å². The maximum Gasteiger partial charge on any atom is 0.250 e. The number of ketones is 1. The number of rotatable bonds is 27. The summed E-state index contributed by atoms with van der Waals surface area (Å²) in [7, 11) is 0. The number of nitrogens with two attached hydrogens (primary N) is 1. The molecule has 3 N–H and O–H groups in total. The Morgan fingerprint density at radius 1 is 0.818 bits per heavy atom. The van der Waals surface area contributed by atoms with E-state index in [1.807, 2.05) is 23.7 Å². The van der Waals surface area contributed by atoms with E-state index in [2.05, 4.69) is 24.1 Å². The third-order valence-electron chi connectivity index (χ3n) is 11.2. The van der Waals surface area contributed by atoms with E-state index in [4.69, 9.17) is 34.5 Å². The lowest BCUT2D eigenvalue weighted by molar-refractivity contribution is -0.0115. The summed E-state index contributed by atoms with van der Waals surface area (Å²) in [5, 5.41) is 8.05. The van der Waals surface area contributed by atoms with Crippen LogP contribution < -0.4 is 11.1 Å². The van der Waals surface area contributed by atoms with Crippen molar-refractivity contribution in [3.63, 3.8) is 0 Å². The molecule has 2 aromatic rings. The third-order valence-corrected chi connectivity index (χ3v) is 11.2. The second kappa shape index (κ2) is 22.8. The van der Waals surface area contributed by atoms with Gasteiger partial charge in [0.2, 0.25) is 0 Å². The predicted octanol–water partition coefficient (Wildman–Crippen LogP) is 6.39. The molecular formula is C43H69N5O7. The summed E-state index contributed by atoms with van der Waals surface area (Å²) < 4.78 is 30.3. The average Bonchev–Trinajstić information content (AvgIpc) is 3.93. The Morgan fingerprint density at radius 2 is 1.35 bits per heavy atom. The van der Waals surface area contributed by atoms with Crippen molar-refractivity contribution in [1.82, 2.24) is 14.7 Å². The van der Waals surface area contributed by atoms with Crippen LogP contribution in [0.2, 0.25) is 0 Å². The lowest BCUT2D eigenvalue weighted by Gasteiger charge is -2.29. The maximum absolute atomic E-state index is 12.9. The maximum atomic E-state index is 12.9. The molecule has 308 valence electrons. The van der Waals surface area contributed by atoms with Crippen LogP contribution in [0.3, 0.4) is 0 Å².